The predicted octanol–water partition coefficient (Wildman–Crippen LogP) is 4.67. The lowest BCUT2D eigenvalue weighted by molar-refractivity contribution is -0.0498. The zero-order valence-electron chi connectivity index (χ0n) is 11.2. The van der Waals surface area contributed by atoms with Gasteiger partial charge < -0.3 is 10.1 Å². The van der Waals surface area contributed by atoms with Gasteiger partial charge in [-0.25, -0.2) is 0 Å². The lowest BCUT2D eigenvalue weighted by Crippen LogP contribution is -2.31. The van der Waals surface area contributed by atoms with Crippen molar-refractivity contribution in [2.75, 3.05) is 5.32 Å². The molecule has 0 amide bonds. The minimum absolute atomic E-state index is 0.205. The largest absolute Gasteiger partial charge is 0.435 e. The molecule has 2 unspecified atom stereocenters. The SMILES string of the molecule is CCC1CCCCC1Nc1ccc(OC(F)F)cc1. The molecule has 1 aliphatic rings. The van der Waals surface area contributed by atoms with E-state index in [9.17, 15) is 8.78 Å². The van der Waals surface area contributed by atoms with Crippen LogP contribution >= 0.6 is 0 Å². The summed E-state index contributed by atoms with van der Waals surface area (Å²) >= 11 is 0. The highest BCUT2D eigenvalue weighted by Crippen LogP contribution is 2.29. The van der Waals surface area contributed by atoms with Crippen LogP contribution in [-0.2, 0) is 0 Å². The fourth-order valence-electron chi connectivity index (χ4n) is 2.83. The van der Waals surface area contributed by atoms with Crippen molar-refractivity contribution >= 4 is 5.69 Å². The Labute approximate surface area is 113 Å². The molecule has 2 nitrogen and oxygen atoms in total. The van der Waals surface area contributed by atoms with Gasteiger partial charge in [-0.15, -0.1) is 0 Å². The molecule has 2 rings (SSSR count). The molecule has 19 heavy (non-hydrogen) atoms. The molecule has 1 fully saturated rings. The smallest absolute Gasteiger partial charge is 0.387 e. The van der Waals surface area contributed by atoms with E-state index < -0.39 is 6.61 Å². The Bertz CT molecular complexity index is 380. The Kier molecular flexibility index (Phi) is 5.00. The second kappa shape index (κ2) is 6.73. The number of hydrogen-bond acceptors (Lipinski definition) is 2. The van der Waals surface area contributed by atoms with E-state index in [-0.39, 0.29) is 5.75 Å². The van der Waals surface area contributed by atoms with Crippen LogP contribution in [0.1, 0.15) is 39.0 Å². The second-order valence-corrected chi connectivity index (χ2v) is 5.11. The van der Waals surface area contributed by atoms with Gasteiger partial charge >= 0.3 is 6.61 Å². The van der Waals surface area contributed by atoms with E-state index in [1.165, 1.54) is 32.1 Å². The lowest BCUT2D eigenvalue weighted by atomic mass is 9.83. The third kappa shape index (κ3) is 4.08. The number of rotatable bonds is 5. The topological polar surface area (TPSA) is 21.3 Å². The molecule has 0 radical (unpaired) electrons. The first-order valence-electron chi connectivity index (χ1n) is 7.00. The highest BCUT2D eigenvalue weighted by molar-refractivity contribution is 5.47. The van der Waals surface area contributed by atoms with Crippen LogP contribution in [0.5, 0.6) is 5.75 Å². The highest BCUT2D eigenvalue weighted by Gasteiger charge is 2.23. The summed E-state index contributed by atoms with van der Waals surface area (Å²) in [4.78, 5) is 0. The number of ether oxygens (including phenoxy) is 1. The molecule has 4 heteroatoms. The molecule has 106 valence electrons. The van der Waals surface area contributed by atoms with Crippen LogP contribution < -0.4 is 10.1 Å². The minimum Gasteiger partial charge on any atom is -0.435 e. The van der Waals surface area contributed by atoms with E-state index in [0.29, 0.717) is 12.0 Å². The number of hydrogen-bond donors (Lipinski definition) is 1. The quantitative estimate of drug-likeness (QED) is 0.838. The summed E-state index contributed by atoms with van der Waals surface area (Å²) in [6.45, 7) is -0.536. The van der Waals surface area contributed by atoms with Crippen molar-refractivity contribution in [3.05, 3.63) is 24.3 Å². The molecule has 0 spiro atoms. The van der Waals surface area contributed by atoms with E-state index in [0.717, 1.165) is 5.69 Å². The summed E-state index contributed by atoms with van der Waals surface area (Å²) in [6, 6.07) is 7.27. The zero-order chi connectivity index (χ0) is 13.7. The summed E-state index contributed by atoms with van der Waals surface area (Å²) in [5.74, 6) is 0.918. The van der Waals surface area contributed by atoms with Crippen molar-refractivity contribution in [1.29, 1.82) is 0 Å². The fraction of sp³-hybridized carbons (Fsp3) is 0.600. The van der Waals surface area contributed by atoms with Crippen LogP contribution in [0.15, 0.2) is 24.3 Å². The Balaban J connectivity index is 1.94. The Morgan fingerprint density at radius 1 is 1.21 bits per heavy atom. The first kappa shape index (κ1) is 14.1. The number of nitrogens with one attached hydrogen (secondary N) is 1. The molecule has 1 aromatic rings. The molecule has 1 aromatic carbocycles. The van der Waals surface area contributed by atoms with Gasteiger partial charge in [-0.1, -0.05) is 26.2 Å². The van der Waals surface area contributed by atoms with Gasteiger partial charge in [0, 0.05) is 11.7 Å². The molecule has 1 aliphatic carbocycles. The minimum atomic E-state index is -2.76. The van der Waals surface area contributed by atoms with Crippen molar-refractivity contribution in [3.63, 3.8) is 0 Å². The maximum Gasteiger partial charge on any atom is 0.387 e. The summed E-state index contributed by atoms with van der Waals surface area (Å²) in [5.41, 5.74) is 0.979. The monoisotopic (exact) mass is 269 g/mol. The Morgan fingerprint density at radius 2 is 1.89 bits per heavy atom. The summed E-state index contributed by atoms with van der Waals surface area (Å²) in [5, 5.41) is 3.52. The molecular weight excluding hydrogens is 248 g/mol. The van der Waals surface area contributed by atoms with Crippen molar-refractivity contribution in [2.45, 2.75) is 51.7 Å². The van der Waals surface area contributed by atoms with Crippen LogP contribution in [0.4, 0.5) is 14.5 Å². The third-order valence-electron chi connectivity index (χ3n) is 3.87. The number of anilines is 1. The molecule has 2 atom stereocenters. The molecule has 1 N–H and O–H groups in total. The van der Waals surface area contributed by atoms with Gasteiger partial charge in [-0.2, -0.15) is 8.78 Å². The van der Waals surface area contributed by atoms with Gasteiger partial charge in [0.1, 0.15) is 5.75 Å². The van der Waals surface area contributed by atoms with E-state index in [2.05, 4.69) is 17.0 Å². The predicted molar refractivity (Wildman–Crippen MR) is 72.7 cm³/mol. The van der Waals surface area contributed by atoms with Crippen LogP contribution in [-0.4, -0.2) is 12.7 Å². The van der Waals surface area contributed by atoms with Crippen molar-refractivity contribution in [2.24, 2.45) is 5.92 Å². The van der Waals surface area contributed by atoms with Gasteiger partial charge in [0.05, 0.1) is 0 Å². The lowest BCUT2D eigenvalue weighted by Gasteiger charge is -2.32. The van der Waals surface area contributed by atoms with E-state index in [4.69, 9.17) is 0 Å². The number of benzene rings is 1. The first-order chi connectivity index (χ1) is 9.19. The maximum atomic E-state index is 12.1. The van der Waals surface area contributed by atoms with Crippen LogP contribution in [0.3, 0.4) is 0 Å². The average molecular weight is 269 g/mol. The summed E-state index contributed by atoms with van der Waals surface area (Å²) in [6.07, 6.45) is 6.23. The van der Waals surface area contributed by atoms with Crippen LogP contribution in [0.25, 0.3) is 0 Å². The fourth-order valence-corrected chi connectivity index (χ4v) is 2.83. The molecule has 0 aromatic heterocycles. The van der Waals surface area contributed by atoms with Gasteiger partial charge in [-0.05, 0) is 43.0 Å². The Morgan fingerprint density at radius 3 is 2.53 bits per heavy atom. The summed E-state index contributed by atoms with van der Waals surface area (Å²) in [7, 11) is 0. The van der Waals surface area contributed by atoms with Gasteiger partial charge in [0.25, 0.3) is 0 Å². The highest BCUT2D eigenvalue weighted by atomic mass is 19.3. The van der Waals surface area contributed by atoms with E-state index >= 15 is 0 Å². The number of halogens is 2. The Hall–Kier alpha value is -1.32. The standard InChI is InChI=1S/C15H21F2NO/c1-2-11-5-3-4-6-14(11)18-12-7-9-13(10-8-12)19-15(16)17/h7-11,14-15,18H,2-6H2,1H3. The first-order valence-corrected chi connectivity index (χ1v) is 7.00. The number of alkyl halides is 2. The maximum absolute atomic E-state index is 12.1. The van der Waals surface area contributed by atoms with Gasteiger partial charge in [0.15, 0.2) is 0 Å². The zero-order valence-corrected chi connectivity index (χ0v) is 11.2. The van der Waals surface area contributed by atoms with Crippen molar-refractivity contribution < 1.29 is 13.5 Å². The van der Waals surface area contributed by atoms with E-state index in [1.54, 1.807) is 24.3 Å². The van der Waals surface area contributed by atoms with E-state index in [1.807, 2.05) is 0 Å². The van der Waals surface area contributed by atoms with Crippen molar-refractivity contribution in [1.82, 2.24) is 0 Å². The van der Waals surface area contributed by atoms with Crippen molar-refractivity contribution in [3.8, 4) is 5.75 Å². The summed E-state index contributed by atoms with van der Waals surface area (Å²) < 4.78 is 28.4. The molecular formula is C15H21F2NO. The van der Waals surface area contributed by atoms with Gasteiger partial charge in [0.2, 0.25) is 0 Å². The van der Waals surface area contributed by atoms with Crippen LogP contribution in [0, 0.1) is 5.92 Å². The third-order valence-corrected chi connectivity index (χ3v) is 3.87. The van der Waals surface area contributed by atoms with Gasteiger partial charge in [-0.3, -0.25) is 0 Å². The normalized spacial score (nSPS) is 23.4. The molecule has 0 saturated heterocycles. The molecule has 0 heterocycles. The van der Waals surface area contributed by atoms with Crippen LogP contribution in [0.2, 0.25) is 0 Å². The second-order valence-electron chi connectivity index (χ2n) is 5.11. The molecule has 0 aliphatic heterocycles. The molecule has 1 saturated carbocycles. The average Bonchev–Trinajstić information content (AvgIpc) is 2.41. The molecule has 0 bridgehead atoms.